The Morgan fingerprint density at radius 3 is 2.06 bits per heavy atom. The van der Waals surface area contributed by atoms with Crippen molar-refractivity contribution in [1.29, 1.82) is 0 Å². The van der Waals surface area contributed by atoms with Crippen LogP contribution in [0.2, 0.25) is 5.04 Å². The fraction of sp³-hybridized carbons (Fsp3) is 0.483. The normalized spacial score (nSPS) is 21.5. The first kappa shape index (κ1) is 27.7. The molecule has 0 aromatic heterocycles. The van der Waals surface area contributed by atoms with Crippen LogP contribution in [0.5, 0.6) is 0 Å². The minimum atomic E-state index is -2.69. The van der Waals surface area contributed by atoms with Gasteiger partial charge in [0, 0.05) is 18.6 Å². The van der Waals surface area contributed by atoms with E-state index in [2.05, 4.69) is 81.4 Å². The lowest BCUT2D eigenvalue weighted by molar-refractivity contribution is -0.124. The van der Waals surface area contributed by atoms with E-state index in [1.165, 1.54) is 10.4 Å². The van der Waals surface area contributed by atoms with E-state index < -0.39 is 8.32 Å². The maximum Gasteiger partial charge on any atom is 0.261 e. The van der Waals surface area contributed by atoms with E-state index in [0.717, 1.165) is 12.8 Å². The summed E-state index contributed by atoms with van der Waals surface area (Å²) >= 11 is 1.59. The molecule has 0 bridgehead atoms. The summed E-state index contributed by atoms with van der Waals surface area (Å²) in [6, 6.07) is 21.4. The summed E-state index contributed by atoms with van der Waals surface area (Å²) in [6.45, 7) is 8.71. The number of ketones is 1. The van der Waals surface area contributed by atoms with Crippen molar-refractivity contribution in [3.8, 4) is 0 Å². The molecule has 0 N–H and O–H groups in total. The molecule has 3 atom stereocenters. The highest BCUT2D eigenvalue weighted by Crippen LogP contribution is 2.40. The Kier molecular flexibility index (Phi) is 9.82. The number of carbonyl (C=O) groups is 1. The second-order valence-corrected chi connectivity index (χ2v) is 15.4. The Bertz CT molecular complexity index is 932. The van der Waals surface area contributed by atoms with Gasteiger partial charge in [0.2, 0.25) is 0 Å². The molecule has 3 rings (SSSR count). The number of benzene rings is 2. The Morgan fingerprint density at radius 2 is 1.57 bits per heavy atom. The number of hydrogen-bond donors (Lipinski definition) is 0. The predicted octanol–water partition coefficient (Wildman–Crippen LogP) is 5.56. The third kappa shape index (κ3) is 6.29. The van der Waals surface area contributed by atoms with Gasteiger partial charge in [-0.15, -0.1) is 11.8 Å². The Labute approximate surface area is 216 Å². The molecule has 0 unspecified atom stereocenters. The van der Waals surface area contributed by atoms with E-state index >= 15 is 0 Å². The van der Waals surface area contributed by atoms with Crippen LogP contribution in [0.3, 0.4) is 0 Å². The van der Waals surface area contributed by atoms with E-state index in [1.807, 2.05) is 13.2 Å². The predicted molar refractivity (Wildman–Crippen MR) is 149 cm³/mol. The number of methoxy groups -OCH3 is 1. The third-order valence-electron chi connectivity index (χ3n) is 6.98. The van der Waals surface area contributed by atoms with Crippen LogP contribution in [0.4, 0.5) is 0 Å². The van der Waals surface area contributed by atoms with E-state index in [1.54, 1.807) is 25.1 Å². The summed E-state index contributed by atoms with van der Waals surface area (Å²) in [6.07, 6.45) is 5.60. The van der Waals surface area contributed by atoms with Crippen LogP contribution in [0.15, 0.2) is 72.5 Å². The molecule has 0 spiro atoms. The van der Waals surface area contributed by atoms with Crippen molar-refractivity contribution < 1.29 is 18.7 Å². The molecular formula is C29H40O4SSi. The molecule has 4 nitrogen and oxygen atoms in total. The minimum absolute atomic E-state index is 0.0758. The van der Waals surface area contributed by atoms with Gasteiger partial charge in [-0.2, -0.15) is 0 Å². The fourth-order valence-corrected chi connectivity index (χ4v) is 10.2. The quantitative estimate of drug-likeness (QED) is 0.137. The van der Waals surface area contributed by atoms with E-state index in [9.17, 15) is 4.79 Å². The number of ether oxygens (including phenoxy) is 2. The highest BCUT2D eigenvalue weighted by molar-refractivity contribution is 7.98. The molecule has 0 amide bonds. The monoisotopic (exact) mass is 512 g/mol. The molecular weight excluding hydrogens is 472 g/mol. The molecule has 1 fully saturated rings. The Hall–Kier alpha value is -1.86. The number of rotatable bonds is 10. The minimum Gasteiger partial charge on any atom is -0.490 e. The zero-order valence-corrected chi connectivity index (χ0v) is 23.8. The van der Waals surface area contributed by atoms with Gasteiger partial charge in [-0.3, -0.25) is 4.79 Å². The van der Waals surface area contributed by atoms with Gasteiger partial charge < -0.3 is 13.9 Å². The van der Waals surface area contributed by atoms with Gasteiger partial charge in [0.1, 0.15) is 5.94 Å². The SMILES string of the molecule is CO[C@@H]1C[C@H](C(=O)/C(C)=C/OCSC)CC[C@H]1O[Si](c1ccccc1)(c1ccccc1)C(C)(C)C. The molecule has 1 aliphatic carbocycles. The van der Waals surface area contributed by atoms with Crippen molar-refractivity contribution in [1.82, 2.24) is 0 Å². The van der Waals surface area contributed by atoms with Gasteiger partial charge in [0.25, 0.3) is 8.32 Å². The smallest absolute Gasteiger partial charge is 0.261 e. The highest BCUT2D eigenvalue weighted by Gasteiger charge is 2.53. The van der Waals surface area contributed by atoms with Crippen molar-refractivity contribution in [2.24, 2.45) is 5.92 Å². The number of thioether (sulfide) groups is 1. The summed E-state index contributed by atoms with van der Waals surface area (Å²) in [5, 5.41) is 2.42. The van der Waals surface area contributed by atoms with Crippen LogP contribution in [0, 0.1) is 5.92 Å². The average molecular weight is 513 g/mol. The second kappa shape index (κ2) is 12.4. The van der Waals surface area contributed by atoms with E-state index in [4.69, 9.17) is 13.9 Å². The highest BCUT2D eigenvalue weighted by atomic mass is 32.2. The molecule has 35 heavy (non-hydrogen) atoms. The summed E-state index contributed by atoms with van der Waals surface area (Å²) < 4.78 is 18.8. The molecule has 0 aliphatic heterocycles. The van der Waals surface area contributed by atoms with Gasteiger partial charge in [-0.05, 0) is 47.9 Å². The summed E-state index contributed by atoms with van der Waals surface area (Å²) in [4.78, 5) is 13.1. The maximum atomic E-state index is 13.1. The molecule has 0 saturated heterocycles. The summed E-state index contributed by atoms with van der Waals surface area (Å²) in [5.41, 5.74) is 0.672. The van der Waals surface area contributed by atoms with Gasteiger partial charge in [0.05, 0.1) is 18.5 Å². The van der Waals surface area contributed by atoms with Gasteiger partial charge in [-0.25, -0.2) is 0 Å². The van der Waals surface area contributed by atoms with E-state index in [-0.39, 0.29) is 28.9 Å². The van der Waals surface area contributed by atoms with Crippen LogP contribution in [-0.4, -0.2) is 45.6 Å². The molecule has 0 radical (unpaired) electrons. The van der Waals surface area contributed by atoms with Crippen molar-refractivity contribution in [3.63, 3.8) is 0 Å². The third-order valence-corrected chi connectivity index (χ3v) is 12.4. The molecule has 2 aromatic carbocycles. The van der Waals surface area contributed by atoms with Gasteiger partial charge in [-0.1, -0.05) is 81.4 Å². The summed E-state index contributed by atoms with van der Waals surface area (Å²) in [7, 11) is -0.947. The summed E-state index contributed by atoms with van der Waals surface area (Å²) in [5.74, 6) is 0.620. The number of hydrogen-bond acceptors (Lipinski definition) is 5. The standard InChI is InChI=1S/C29H40O4SSi/c1-22(20-32-21-34-6)28(30)23-17-18-26(27(19-23)31-5)33-35(29(2,3)4,24-13-9-7-10-14-24)25-15-11-8-12-16-25/h7-16,20,23,26-27H,17-19,21H2,1-6H3/b22-20+/t23-,26-,27-/m1/s1. The maximum absolute atomic E-state index is 13.1. The largest absolute Gasteiger partial charge is 0.490 e. The van der Waals surface area contributed by atoms with E-state index in [0.29, 0.717) is 17.9 Å². The molecule has 0 heterocycles. The first-order valence-electron chi connectivity index (χ1n) is 12.4. The number of allylic oxidation sites excluding steroid dienone is 1. The van der Waals surface area contributed by atoms with Crippen LogP contribution in [0.1, 0.15) is 47.0 Å². The van der Waals surface area contributed by atoms with Crippen molar-refractivity contribution in [2.45, 2.75) is 64.2 Å². The fourth-order valence-electron chi connectivity index (χ4n) is 5.25. The molecule has 1 saturated carbocycles. The van der Waals surface area contributed by atoms with Crippen LogP contribution < -0.4 is 10.4 Å². The molecule has 2 aromatic rings. The number of Topliss-reactive ketones (excluding diaryl/α,β-unsaturated/α-hetero) is 1. The first-order chi connectivity index (χ1) is 16.7. The van der Waals surface area contributed by atoms with Crippen molar-refractivity contribution in [3.05, 3.63) is 72.5 Å². The van der Waals surface area contributed by atoms with Crippen LogP contribution in [0.25, 0.3) is 0 Å². The Balaban J connectivity index is 1.92. The lowest BCUT2D eigenvalue weighted by Crippen LogP contribution is -2.68. The molecule has 190 valence electrons. The van der Waals surface area contributed by atoms with Crippen molar-refractivity contribution >= 4 is 36.2 Å². The topological polar surface area (TPSA) is 44.8 Å². The zero-order chi connectivity index (χ0) is 25.5. The number of carbonyl (C=O) groups excluding carboxylic acids is 1. The first-order valence-corrected chi connectivity index (χ1v) is 15.7. The molecule has 1 aliphatic rings. The van der Waals surface area contributed by atoms with Crippen molar-refractivity contribution in [2.75, 3.05) is 19.3 Å². The lowest BCUT2D eigenvalue weighted by atomic mass is 9.81. The molecule has 6 heteroatoms. The van der Waals surface area contributed by atoms with Gasteiger partial charge >= 0.3 is 0 Å². The Morgan fingerprint density at radius 1 is 1.00 bits per heavy atom. The zero-order valence-electron chi connectivity index (χ0n) is 22.0. The van der Waals surface area contributed by atoms with Crippen LogP contribution >= 0.6 is 11.8 Å². The van der Waals surface area contributed by atoms with Crippen LogP contribution in [-0.2, 0) is 18.7 Å². The lowest BCUT2D eigenvalue weighted by Gasteiger charge is -2.47. The average Bonchev–Trinajstić information content (AvgIpc) is 2.87. The second-order valence-electron chi connectivity index (χ2n) is 10.3. The van der Waals surface area contributed by atoms with Gasteiger partial charge in [0.15, 0.2) is 5.78 Å².